The predicted octanol–water partition coefficient (Wildman–Crippen LogP) is 0.664. The van der Waals surface area contributed by atoms with Crippen molar-refractivity contribution in [3.63, 3.8) is 0 Å². The summed E-state index contributed by atoms with van der Waals surface area (Å²) in [5.74, 6) is -0.258. The molecular weight excluding hydrogens is 194 g/mol. The van der Waals surface area contributed by atoms with Gasteiger partial charge in [-0.1, -0.05) is 12.1 Å². The molecule has 1 aromatic carbocycles. The van der Waals surface area contributed by atoms with E-state index in [9.17, 15) is 9.90 Å². The number of rotatable bonds is 1. The van der Waals surface area contributed by atoms with Gasteiger partial charge in [0.25, 0.3) is 5.91 Å². The zero-order valence-corrected chi connectivity index (χ0v) is 8.31. The quantitative estimate of drug-likeness (QED) is 0.711. The average Bonchev–Trinajstić information content (AvgIpc) is 2.28. The lowest BCUT2D eigenvalue weighted by molar-refractivity contribution is -0.121. The fraction of sp³-hybridized carbons (Fsp3) is 0.364. The number of aryl methyl sites for hydroxylation is 1. The number of aromatic hydroxyl groups is 1. The molecule has 0 unspecified atom stereocenters. The van der Waals surface area contributed by atoms with E-state index in [1.165, 1.54) is 4.90 Å². The van der Waals surface area contributed by atoms with Gasteiger partial charge in [-0.25, -0.2) is 0 Å². The summed E-state index contributed by atoms with van der Waals surface area (Å²) >= 11 is 0. The van der Waals surface area contributed by atoms with E-state index in [1.54, 1.807) is 12.1 Å². The maximum absolute atomic E-state index is 11.4. The Labute approximate surface area is 87.8 Å². The first-order chi connectivity index (χ1) is 7.24. The number of fused-ring (bicyclic) bond motifs is 1. The lowest BCUT2D eigenvalue weighted by Crippen LogP contribution is -2.37. The number of benzene rings is 1. The molecule has 4 nitrogen and oxygen atoms in total. The Morgan fingerprint density at radius 2 is 2.27 bits per heavy atom. The molecule has 0 saturated heterocycles. The van der Waals surface area contributed by atoms with Crippen LogP contribution in [0.2, 0.25) is 0 Å². The van der Waals surface area contributed by atoms with Crippen LogP contribution in [0.25, 0.3) is 0 Å². The van der Waals surface area contributed by atoms with E-state index < -0.39 is 6.61 Å². The molecule has 0 spiro atoms. The lowest BCUT2D eigenvalue weighted by Gasteiger charge is -2.29. The van der Waals surface area contributed by atoms with Crippen LogP contribution in [0.5, 0.6) is 5.75 Å². The monoisotopic (exact) mass is 207 g/mol. The Hall–Kier alpha value is -1.55. The molecule has 0 aliphatic carbocycles. The second kappa shape index (κ2) is 3.90. The molecule has 15 heavy (non-hydrogen) atoms. The number of carbonyl (C=O) groups is 1. The lowest BCUT2D eigenvalue weighted by atomic mass is 10.0. The zero-order valence-electron chi connectivity index (χ0n) is 8.31. The van der Waals surface area contributed by atoms with Crippen LogP contribution in [-0.4, -0.2) is 29.3 Å². The number of amides is 1. The molecule has 1 amide bonds. The van der Waals surface area contributed by atoms with Gasteiger partial charge < -0.3 is 15.1 Å². The molecule has 1 aliphatic rings. The standard InChI is InChI=1S/C11H13NO3/c13-7-10(15)12-6-2-4-8-3-1-5-9(14)11(8)12/h1,3,5,13-14H,2,4,6-7H2. The predicted molar refractivity (Wildman–Crippen MR) is 55.9 cm³/mol. The van der Waals surface area contributed by atoms with Gasteiger partial charge in [0.05, 0.1) is 5.69 Å². The highest BCUT2D eigenvalue weighted by molar-refractivity contribution is 5.96. The van der Waals surface area contributed by atoms with E-state index in [0.29, 0.717) is 12.2 Å². The third kappa shape index (κ3) is 1.68. The largest absolute Gasteiger partial charge is 0.506 e. The first-order valence-electron chi connectivity index (χ1n) is 4.96. The molecule has 1 aromatic rings. The van der Waals surface area contributed by atoms with Crippen molar-refractivity contribution in [2.24, 2.45) is 0 Å². The average molecular weight is 207 g/mol. The number of aliphatic hydroxyl groups is 1. The van der Waals surface area contributed by atoms with Crippen LogP contribution in [-0.2, 0) is 11.2 Å². The van der Waals surface area contributed by atoms with Crippen molar-refractivity contribution < 1.29 is 15.0 Å². The van der Waals surface area contributed by atoms with Gasteiger partial charge in [-0.2, -0.15) is 0 Å². The van der Waals surface area contributed by atoms with Crippen molar-refractivity contribution in [3.05, 3.63) is 23.8 Å². The van der Waals surface area contributed by atoms with Crippen molar-refractivity contribution in [1.29, 1.82) is 0 Å². The maximum Gasteiger partial charge on any atom is 0.252 e. The molecule has 4 heteroatoms. The number of para-hydroxylation sites is 1. The number of phenolic OH excluding ortho intramolecular Hbond substituents is 1. The van der Waals surface area contributed by atoms with E-state index >= 15 is 0 Å². The highest BCUT2D eigenvalue weighted by Gasteiger charge is 2.24. The van der Waals surface area contributed by atoms with E-state index in [1.807, 2.05) is 6.07 Å². The normalized spacial score (nSPS) is 14.9. The van der Waals surface area contributed by atoms with Gasteiger partial charge >= 0.3 is 0 Å². The van der Waals surface area contributed by atoms with Crippen molar-refractivity contribution in [2.45, 2.75) is 12.8 Å². The van der Waals surface area contributed by atoms with Gasteiger partial charge in [-0.3, -0.25) is 4.79 Å². The Kier molecular flexibility index (Phi) is 2.60. The summed E-state index contributed by atoms with van der Waals surface area (Å²) in [6.45, 7) is 0.0394. The minimum atomic E-state index is -0.520. The van der Waals surface area contributed by atoms with E-state index in [2.05, 4.69) is 0 Å². The highest BCUT2D eigenvalue weighted by Crippen LogP contribution is 2.35. The van der Waals surface area contributed by atoms with Crippen molar-refractivity contribution in [2.75, 3.05) is 18.1 Å². The molecule has 0 bridgehead atoms. The van der Waals surface area contributed by atoms with Crippen LogP contribution in [0.4, 0.5) is 5.69 Å². The second-order valence-corrected chi connectivity index (χ2v) is 3.59. The molecule has 1 heterocycles. The van der Waals surface area contributed by atoms with Crippen LogP contribution < -0.4 is 4.90 Å². The summed E-state index contributed by atoms with van der Waals surface area (Å²) in [4.78, 5) is 12.9. The minimum Gasteiger partial charge on any atom is -0.506 e. The van der Waals surface area contributed by atoms with E-state index in [4.69, 9.17) is 5.11 Å². The first-order valence-corrected chi connectivity index (χ1v) is 4.96. The number of nitrogens with zero attached hydrogens (tertiary/aromatic N) is 1. The Bertz CT molecular complexity index is 389. The van der Waals surface area contributed by atoms with Crippen LogP contribution in [0, 0.1) is 0 Å². The van der Waals surface area contributed by atoms with E-state index in [-0.39, 0.29) is 11.7 Å². The Morgan fingerprint density at radius 3 is 3.00 bits per heavy atom. The third-order valence-corrected chi connectivity index (χ3v) is 2.63. The summed E-state index contributed by atoms with van der Waals surface area (Å²) < 4.78 is 0. The Morgan fingerprint density at radius 1 is 1.47 bits per heavy atom. The van der Waals surface area contributed by atoms with Gasteiger partial charge in [0, 0.05) is 6.54 Å². The molecule has 0 fully saturated rings. The van der Waals surface area contributed by atoms with Gasteiger partial charge in [0.2, 0.25) is 0 Å². The fourth-order valence-electron chi connectivity index (χ4n) is 1.97. The molecule has 0 atom stereocenters. The van der Waals surface area contributed by atoms with Gasteiger partial charge in [-0.15, -0.1) is 0 Å². The molecule has 0 radical (unpaired) electrons. The fourth-order valence-corrected chi connectivity index (χ4v) is 1.97. The molecule has 2 rings (SSSR count). The van der Waals surface area contributed by atoms with Crippen LogP contribution in [0.3, 0.4) is 0 Å². The third-order valence-electron chi connectivity index (χ3n) is 2.63. The van der Waals surface area contributed by atoms with Crippen molar-refractivity contribution >= 4 is 11.6 Å². The van der Waals surface area contributed by atoms with Crippen LogP contribution in [0.1, 0.15) is 12.0 Å². The summed E-state index contributed by atoms with van der Waals surface area (Å²) in [6.07, 6.45) is 1.72. The van der Waals surface area contributed by atoms with Gasteiger partial charge in [0.15, 0.2) is 0 Å². The molecule has 1 aliphatic heterocycles. The minimum absolute atomic E-state index is 0.106. The number of aliphatic hydroxyl groups excluding tert-OH is 1. The molecule has 0 saturated carbocycles. The smallest absolute Gasteiger partial charge is 0.252 e. The number of phenols is 1. The zero-order chi connectivity index (χ0) is 10.8. The summed E-state index contributed by atoms with van der Waals surface area (Å²) in [6, 6.07) is 5.22. The highest BCUT2D eigenvalue weighted by atomic mass is 16.3. The summed E-state index contributed by atoms with van der Waals surface area (Å²) in [5.41, 5.74) is 1.52. The summed E-state index contributed by atoms with van der Waals surface area (Å²) in [5, 5.41) is 18.5. The first kappa shape index (κ1) is 9.98. The molecule has 0 aromatic heterocycles. The number of carbonyl (C=O) groups excluding carboxylic acids is 1. The van der Waals surface area contributed by atoms with Crippen molar-refractivity contribution in [3.8, 4) is 5.75 Å². The maximum atomic E-state index is 11.4. The second-order valence-electron chi connectivity index (χ2n) is 3.59. The van der Waals surface area contributed by atoms with Gasteiger partial charge in [-0.05, 0) is 24.5 Å². The van der Waals surface area contributed by atoms with Crippen molar-refractivity contribution in [1.82, 2.24) is 0 Å². The topological polar surface area (TPSA) is 60.8 Å². The Balaban J connectivity index is 2.45. The molecule has 2 N–H and O–H groups in total. The molecular formula is C11H13NO3. The number of hydrogen-bond donors (Lipinski definition) is 2. The SMILES string of the molecule is O=C(CO)N1CCCc2cccc(O)c21. The van der Waals surface area contributed by atoms with Crippen LogP contribution in [0.15, 0.2) is 18.2 Å². The van der Waals surface area contributed by atoms with E-state index in [0.717, 1.165) is 18.4 Å². The number of anilines is 1. The summed E-state index contributed by atoms with van der Waals surface area (Å²) in [7, 11) is 0. The number of hydrogen-bond acceptors (Lipinski definition) is 3. The molecule has 80 valence electrons. The van der Waals surface area contributed by atoms with Crippen LogP contribution >= 0.6 is 0 Å². The van der Waals surface area contributed by atoms with Gasteiger partial charge in [0.1, 0.15) is 12.4 Å².